The number of allylic oxidation sites excluding steroid dienone is 9. The van der Waals surface area contributed by atoms with Gasteiger partial charge < -0.3 is 45.1 Å². The van der Waals surface area contributed by atoms with Gasteiger partial charge in [-0.05, 0) is 70.6 Å². The number of aliphatic hydroxyl groups excluding tert-OH is 5. The largest absolute Gasteiger partial charge is 0.454 e. The number of rotatable bonds is 56. The third-order valence-corrected chi connectivity index (χ3v) is 15.4. The van der Waals surface area contributed by atoms with Crippen LogP contribution >= 0.6 is 0 Å². The zero-order chi connectivity index (χ0) is 57.5. The lowest BCUT2D eigenvalue weighted by Gasteiger charge is -2.41. The van der Waals surface area contributed by atoms with Crippen LogP contribution in [-0.4, -0.2) is 99.6 Å². The van der Waals surface area contributed by atoms with Crippen LogP contribution in [0.4, 0.5) is 0 Å². The molecule has 0 aliphatic carbocycles. The maximum absolute atomic E-state index is 13.4. The van der Waals surface area contributed by atoms with E-state index in [2.05, 4.69) is 74.7 Å². The average Bonchev–Trinajstić information content (AvgIpc) is 3.44. The van der Waals surface area contributed by atoms with Crippen LogP contribution in [0.15, 0.2) is 60.8 Å². The first-order valence-electron chi connectivity index (χ1n) is 33.1. The summed E-state index contributed by atoms with van der Waals surface area (Å²) in [6.45, 7) is 5.76. The molecule has 8 atom stereocenters. The first-order chi connectivity index (χ1) is 38.7. The predicted molar refractivity (Wildman–Crippen MR) is 329 cm³/mol. The summed E-state index contributed by atoms with van der Waals surface area (Å²) in [6.07, 6.45) is 59.8. The van der Waals surface area contributed by atoms with E-state index in [9.17, 15) is 35.1 Å². The van der Waals surface area contributed by atoms with Crippen molar-refractivity contribution in [3.05, 3.63) is 60.8 Å². The highest BCUT2D eigenvalue weighted by atomic mass is 16.7. The molecule has 0 aromatic rings. The highest BCUT2D eigenvalue weighted by Crippen LogP contribution is 2.26. The minimum Gasteiger partial charge on any atom is -0.454 e. The van der Waals surface area contributed by atoms with Gasteiger partial charge in [-0.15, -0.1) is 0 Å². The van der Waals surface area contributed by atoms with Gasteiger partial charge in [0.1, 0.15) is 24.4 Å². The number of hydrogen-bond acceptors (Lipinski definition) is 10. The number of hydrogen-bond donors (Lipinski definition) is 6. The SMILES string of the molecule is CCCCC/C=C\C/C=C\C/C=C\C/C=C\CCCCCCCCCCCCC(O)C(=O)NC(COC1OC(CO)C(O)C(O)C1OC(=O)CCCCCCCCCCCCCCC)C(O)/C=C/CCCCCCCCCCC. The van der Waals surface area contributed by atoms with Gasteiger partial charge in [-0.25, -0.2) is 0 Å². The molecular formula is C68H123NO10. The molecule has 1 aliphatic heterocycles. The standard InChI is InChI=1S/C68H123NO10/c1-4-7-10-13-16-19-22-24-25-26-27-28-29-30-31-32-33-34-35-36-38-40-43-46-49-52-55-61(72)67(76)69-59(60(71)54-51-48-45-42-39-21-18-15-12-9-6-3)58-77-68-66(65(75)64(74)62(57-70)78-68)79-63(73)56-53-50-47-44-41-37-23-20-17-14-11-8-5-2/h16,19,24-25,27-28,30-31,51,54,59-62,64-66,68,70-72,74-75H,4-15,17-18,20-23,26,29,32-50,52-53,55-58H2,1-3H3,(H,69,76)/b19-16-,25-24-,28-27-,31-30-,54-51+. The molecule has 0 aromatic heterocycles. The monoisotopic (exact) mass is 1110 g/mol. The lowest BCUT2D eigenvalue weighted by Crippen LogP contribution is -2.61. The maximum Gasteiger partial charge on any atom is 0.306 e. The average molecular weight is 1110 g/mol. The van der Waals surface area contributed by atoms with Gasteiger partial charge in [-0.3, -0.25) is 9.59 Å². The summed E-state index contributed by atoms with van der Waals surface area (Å²) in [5.41, 5.74) is 0. The summed E-state index contributed by atoms with van der Waals surface area (Å²) in [7, 11) is 0. The van der Waals surface area contributed by atoms with Crippen LogP contribution in [0.3, 0.4) is 0 Å². The Bertz CT molecular complexity index is 1510. The number of carbonyl (C=O) groups is 2. The van der Waals surface area contributed by atoms with Gasteiger partial charge >= 0.3 is 5.97 Å². The van der Waals surface area contributed by atoms with E-state index in [1.54, 1.807) is 6.08 Å². The van der Waals surface area contributed by atoms with Crippen LogP contribution in [0.2, 0.25) is 0 Å². The predicted octanol–water partition coefficient (Wildman–Crippen LogP) is 16.2. The van der Waals surface area contributed by atoms with Crippen molar-refractivity contribution in [3.8, 4) is 0 Å². The molecule has 11 nitrogen and oxygen atoms in total. The lowest BCUT2D eigenvalue weighted by atomic mass is 9.99. The van der Waals surface area contributed by atoms with Gasteiger partial charge in [0, 0.05) is 6.42 Å². The number of ether oxygens (including phenoxy) is 3. The highest BCUT2D eigenvalue weighted by molar-refractivity contribution is 5.80. The summed E-state index contributed by atoms with van der Waals surface area (Å²) < 4.78 is 17.6. The van der Waals surface area contributed by atoms with Crippen LogP contribution in [0.1, 0.15) is 297 Å². The summed E-state index contributed by atoms with van der Waals surface area (Å²) in [5, 5.41) is 57.0. The molecule has 1 heterocycles. The van der Waals surface area contributed by atoms with Crippen molar-refractivity contribution in [1.29, 1.82) is 0 Å². The van der Waals surface area contributed by atoms with Crippen LogP contribution in [0.25, 0.3) is 0 Å². The second-order valence-corrected chi connectivity index (χ2v) is 22.9. The van der Waals surface area contributed by atoms with Gasteiger partial charge in [0.25, 0.3) is 0 Å². The van der Waals surface area contributed by atoms with Crippen molar-refractivity contribution >= 4 is 11.9 Å². The van der Waals surface area contributed by atoms with E-state index in [1.807, 2.05) is 6.08 Å². The van der Waals surface area contributed by atoms with Gasteiger partial charge in [0.05, 0.1) is 25.4 Å². The molecule has 1 fully saturated rings. The summed E-state index contributed by atoms with van der Waals surface area (Å²) in [4.78, 5) is 26.5. The van der Waals surface area contributed by atoms with Gasteiger partial charge in [0.15, 0.2) is 12.4 Å². The molecule has 1 rings (SSSR count). The molecule has 1 amide bonds. The van der Waals surface area contributed by atoms with Crippen LogP contribution in [0, 0.1) is 0 Å². The fourth-order valence-corrected chi connectivity index (χ4v) is 10.2. The minimum absolute atomic E-state index is 0.126. The van der Waals surface area contributed by atoms with E-state index in [1.165, 1.54) is 167 Å². The van der Waals surface area contributed by atoms with Crippen molar-refractivity contribution in [1.82, 2.24) is 5.32 Å². The number of nitrogens with one attached hydrogen (secondary N) is 1. The molecule has 1 saturated heterocycles. The molecule has 8 unspecified atom stereocenters. The van der Waals surface area contributed by atoms with Crippen molar-refractivity contribution in [2.24, 2.45) is 0 Å². The van der Waals surface area contributed by atoms with E-state index < -0.39 is 67.4 Å². The molecule has 0 saturated carbocycles. The molecule has 0 spiro atoms. The molecule has 0 bridgehead atoms. The Labute approximate surface area is 484 Å². The topological polar surface area (TPSA) is 175 Å². The fraction of sp³-hybridized carbons (Fsp3) is 0.824. The number of amides is 1. The first kappa shape index (κ1) is 74.4. The maximum atomic E-state index is 13.4. The third kappa shape index (κ3) is 43.7. The smallest absolute Gasteiger partial charge is 0.306 e. The van der Waals surface area contributed by atoms with Gasteiger partial charge in [0.2, 0.25) is 5.91 Å². The zero-order valence-electron chi connectivity index (χ0n) is 51.0. The molecule has 460 valence electrons. The number of esters is 1. The Balaban J connectivity index is 2.57. The van der Waals surface area contributed by atoms with Crippen molar-refractivity contribution in [3.63, 3.8) is 0 Å². The quantitative estimate of drug-likeness (QED) is 0.0195. The zero-order valence-corrected chi connectivity index (χ0v) is 51.0. The lowest BCUT2D eigenvalue weighted by molar-refractivity contribution is -0.305. The Hall–Kier alpha value is -2.64. The second-order valence-electron chi connectivity index (χ2n) is 22.9. The fourth-order valence-electron chi connectivity index (χ4n) is 10.2. The van der Waals surface area contributed by atoms with Crippen LogP contribution in [0.5, 0.6) is 0 Å². The van der Waals surface area contributed by atoms with Crippen molar-refractivity contribution < 1.29 is 49.3 Å². The third-order valence-electron chi connectivity index (χ3n) is 15.4. The number of unbranched alkanes of at least 4 members (excludes halogenated alkanes) is 34. The number of aliphatic hydroxyl groups is 5. The van der Waals surface area contributed by atoms with Gasteiger partial charge in [-0.1, -0.05) is 281 Å². The second kappa shape index (κ2) is 55.9. The molecule has 11 heteroatoms. The van der Waals surface area contributed by atoms with Crippen molar-refractivity contribution in [2.75, 3.05) is 13.2 Å². The Morgan fingerprint density at radius 3 is 1.33 bits per heavy atom. The Morgan fingerprint density at radius 1 is 0.494 bits per heavy atom. The van der Waals surface area contributed by atoms with E-state index >= 15 is 0 Å². The van der Waals surface area contributed by atoms with Crippen LogP contribution in [-0.2, 0) is 23.8 Å². The van der Waals surface area contributed by atoms with Crippen molar-refractivity contribution in [2.45, 2.75) is 346 Å². The van der Waals surface area contributed by atoms with Crippen LogP contribution < -0.4 is 5.32 Å². The summed E-state index contributed by atoms with van der Waals surface area (Å²) >= 11 is 0. The van der Waals surface area contributed by atoms with E-state index in [-0.39, 0.29) is 19.4 Å². The first-order valence-corrected chi connectivity index (χ1v) is 33.1. The summed E-state index contributed by atoms with van der Waals surface area (Å²) in [6, 6.07) is -1.02. The molecule has 1 aliphatic rings. The highest BCUT2D eigenvalue weighted by Gasteiger charge is 2.47. The van der Waals surface area contributed by atoms with E-state index in [0.29, 0.717) is 12.8 Å². The molecule has 79 heavy (non-hydrogen) atoms. The minimum atomic E-state index is -1.61. The Kier molecular flexibility index (Phi) is 52.6. The number of carbonyl (C=O) groups excluding carboxylic acids is 2. The summed E-state index contributed by atoms with van der Waals surface area (Å²) in [5.74, 6) is -1.19. The van der Waals surface area contributed by atoms with Gasteiger partial charge in [-0.2, -0.15) is 0 Å². The van der Waals surface area contributed by atoms with E-state index in [0.717, 1.165) is 83.5 Å². The molecule has 6 N–H and O–H groups in total. The molecular weight excluding hydrogens is 991 g/mol. The molecule has 0 radical (unpaired) electrons. The van der Waals surface area contributed by atoms with E-state index in [4.69, 9.17) is 14.2 Å². The normalized spacial score (nSPS) is 19.2. The Morgan fingerprint density at radius 2 is 0.873 bits per heavy atom. The molecule has 0 aromatic carbocycles.